The van der Waals surface area contributed by atoms with Gasteiger partial charge in [-0.15, -0.1) is 0 Å². The van der Waals surface area contributed by atoms with Crippen LogP contribution < -0.4 is 10.6 Å². The summed E-state index contributed by atoms with van der Waals surface area (Å²) >= 11 is 6.01. The molecule has 25 heavy (non-hydrogen) atoms. The molecule has 128 valence electrons. The van der Waals surface area contributed by atoms with Crippen molar-refractivity contribution in [3.8, 4) is 0 Å². The summed E-state index contributed by atoms with van der Waals surface area (Å²) in [5.74, 6) is 1.39. The van der Waals surface area contributed by atoms with E-state index in [0.717, 1.165) is 29.5 Å². The van der Waals surface area contributed by atoms with Crippen molar-refractivity contribution in [3.63, 3.8) is 0 Å². The van der Waals surface area contributed by atoms with E-state index in [1.807, 2.05) is 24.3 Å². The lowest BCUT2D eigenvalue weighted by molar-refractivity contribution is 0.985. The van der Waals surface area contributed by atoms with Gasteiger partial charge in [-0.25, -0.2) is 4.98 Å². The second kappa shape index (κ2) is 7.99. The highest BCUT2D eigenvalue weighted by Crippen LogP contribution is 2.23. The molecule has 0 amide bonds. The minimum absolute atomic E-state index is 0.610. The first-order valence-electron chi connectivity index (χ1n) is 8.26. The fourth-order valence-corrected chi connectivity index (χ4v) is 2.88. The molecule has 0 radical (unpaired) electrons. The van der Waals surface area contributed by atoms with E-state index in [1.54, 1.807) is 6.20 Å². The molecule has 4 nitrogen and oxygen atoms in total. The first kappa shape index (κ1) is 17.2. The van der Waals surface area contributed by atoms with Crippen LogP contribution in [-0.4, -0.2) is 16.5 Å². The predicted octanol–water partition coefficient (Wildman–Crippen LogP) is 5.15. The molecule has 0 spiro atoms. The molecule has 0 aliphatic rings. The van der Waals surface area contributed by atoms with Gasteiger partial charge in [-0.2, -0.15) is 4.98 Å². The van der Waals surface area contributed by atoms with Gasteiger partial charge in [-0.1, -0.05) is 41.9 Å². The standard InChI is InChI=1S/C20H21ClN4/c1-14-5-3-6-15(2)19(14)24-18-10-12-23-20(25-18)22-11-9-16-7-4-8-17(21)13-16/h3-8,10,12-13H,9,11H2,1-2H3,(H2,22,23,24,25). The predicted molar refractivity (Wildman–Crippen MR) is 105 cm³/mol. The molecule has 0 fully saturated rings. The number of para-hydroxylation sites is 1. The van der Waals surface area contributed by atoms with Crippen molar-refractivity contribution < 1.29 is 0 Å². The average Bonchev–Trinajstić information content (AvgIpc) is 2.59. The summed E-state index contributed by atoms with van der Waals surface area (Å²) in [4.78, 5) is 8.83. The Morgan fingerprint density at radius 3 is 2.52 bits per heavy atom. The largest absolute Gasteiger partial charge is 0.354 e. The topological polar surface area (TPSA) is 49.8 Å². The smallest absolute Gasteiger partial charge is 0.224 e. The fraction of sp³-hybridized carbons (Fsp3) is 0.200. The van der Waals surface area contributed by atoms with Crippen LogP contribution in [0.15, 0.2) is 54.7 Å². The van der Waals surface area contributed by atoms with E-state index in [9.17, 15) is 0 Å². The van der Waals surface area contributed by atoms with Gasteiger partial charge >= 0.3 is 0 Å². The maximum absolute atomic E-state index is 6.01. The lowest BCUT2D eigenvalue weighted by Crippen LogP contribution is -2.09. The van der Waals surface area contributed by atoms with Crippen molar-refractivity contribution >= 4 is 29.1 Å². The van der Waals surface area contributed by atoms with E-state index in [1.165, 1.54) is 16.7 Å². The summed E-state index contributed by atoms with van der Waals surface area (Å²) in [5.41, 5.74) is 4.65. The Morgan fingerprint density at radius 2 is 1.76 bits per heavy atom. The quantitative estimate of drug-likeness (QED) is 0.644. The van der Waals surface area contributed by atoms with Crippen LogP contribution in [-0.2, 0) is 6.42 Å². The lowest BCUT2D eigenvalue weighted by atomic mass is 10.1. The van der Waals surface area contributed by atoms with Crippen LogP contribution in [0.2, 0.25) is 5.02 Å². The first-order chi connectivity index (χ1) is 12.1. The minimum Gasteiger partial charge on any atom is -0.354 e. The van der Waals surface area contributed by atoms with Crippen molar-refractivity contribution in [2.75, 3.05) is 17.2 Å². The Hall–Kier alpha value is -2.59. The van der Waals surface area contributed by atoms with Crippen molar-refractivity contribution in [2.24, 2.45) is 0 Å². The van der Waals surface area contributed by atoms with Crippen LogP contribution in [0.1, 0.15) is 16.7 Å². The van der Waals surface area contributed by atoms with Crippen molar-refractivity contribution in [1.29, 1.82) is 0 Å². The Kier molecular flexibility index (Phi) is 5.51. The molecule has 0 unspecified atom stereocenters. The number of nitrogens with zero attached hydrogens (tertiary/aromatic N) is 2. The average molecular weight is 353 g/mol. The normalized spacial score (nSPS) is 10.5. The molecule has 0 aliphatic carbocycles. The van der Waals surface area contributed by atoms with Crippen LogP contribution in [0, 0.1) is 13.8 Å². The van der Waals surface area contributed by atoms with Crippen LogP contribution >= 0.6 is 11.6 Å². The number of halogens is 1. The summed E-state index contributed by atoms with van der Waals surface area (Å²) in [7, 11) is 0. The zero-order valence-corrected chi connectivity index (χ0v) is 15.1. The Labute approximate surface area is 153 Å². The fourth-order valence-electron chi connectivity index (χ4n) is 2.66. The van der Waals surface area contributed by atoms with E-state index in [0.29, 0.717) is 5.95 Å². The summed E-state index contributed by atoms with van der Waals surface area (Å²) in [5, 5.41) is 7.41. The highest BCUT2D eigenvalue weighted by molar-refractivity contribution is 6.30. The number of rotatable bonds is 6. The van der Waals surface area contributed by atoms with Gasteiger partial charge < -0.3 is 10.6 Å². The molecule has 5 heteroatoms. The number of aromatic nitrogens is 2. The molecule has 0 bridgehead atoms. The molecule has 0 saturated carbocycles. The maximum Gasteiger partial charge on any atom is 0.224 e. The van der Waals surface area contributed by atoms with E-state index in [4.69, 9.17) is 11.6 Å². The third-order valence-corrected chi connectivity index (χ3v) is 4.21. The Balaban J connectivity index is 1.63. The molecule has 3 rings (SSSR count). The van der Waals surface area contributed by atoms with E-state index in [-0.39, 0.29) is 0 Å². The van der Waals surface area contributed by atoms with Gasteiger partial charge in [0, 0.05) is 23.5 Å². The maximum atomic E-state index is 6.01. The van der Waals surface area contributed by atoms with E-state index >= 15 is 0 Å². The minimum atomic E-state index is 0.610. The molecule has 2 aromatic carbocycles. The Morgan fingerprint density at radius 1 is 1.00 bits per heavy atom. The first-order valence-corrected chi connectivity index (χ1v) is 8.64. The molecular formula is C20H21ClN4. The number of anilines is 3. The van der Waals surface area contributed by atoms with Crippen molar-refractivity contribution in [1.82, 2.24) is 9.97 Å². The molecule has 0 aliphatic heterocycles. The van der Waals surface area contributed by atoms with Crippen molar-refractivity contribution in [3.05, 3.63) is 76.4 Å². The summed E-state index contributed by atoms with van der Waals surface area (Å²) in [6, 6.07) is 16.0. The number of aryl methyl sites for hydroxylation is 2. The summed E-state index contributed by atoms with van der Waals surface area (Å²) in [6.07, 6.45) is 2.61. The number of hydrogen-bond donors (Lipinski definition) is 2. The highest BCUT2D eigenvalue weighted by Gasteiger charge is 2.05. The van der Waals surface area contributed by atoms with Gasteiger partial charge in [0.25, 0.3) is 0 Å². The summed E-state index contributed by atoms with van der Waals surface area (Å²) in [6.45, 7) is 4.91. The van der Waals surface area contributed by atoms with Gasteiger partial charge in [0.2, 0.25) is 5.95 Å². The number of nitrogens with one attached hydrogen (secondary N) is 2. The lowest BCUT2D eigenvalue weighted by Gasteiger charge is -2.12. The van der Waals surface area contributed by atoms with Crippen LogP contribution in [0.5, 0.6) is 0 Å². The SMILES string of the molecule is Cc1cccc(C)c1Nc1ccnc(NCCc2cccc(Cl)c2)n1. The third-order valence-electron chi connectivity index (χ3n) is 3.98. The second-order valence-electron chi connectivity index (χ2n) is 5.96. The van der Waals surface area contributed by atoms with Crippen LogP contribution in [0.4, 0.5) is 17.5 Å². The zero-order chi connectivity index (χ0) is 17.6. The van der Waals surface area contributed by atoms with Gasteiger partial charge in [0.05, 0.1) is 0 Å². The van der Waals surface area contributed by atoms with Gasteiger partial charge in [0.15, 0.2) is 0 Å². The molecule has 1 aromatic heterocycles. The molecule has 3 aromatic rings. The summed E-state index contributed by atoms with van der Waals surface area (Å²) < 4.78 is 0. The molecule has 1 heterocycles. The Bertz CT molecular complexity index is 844. The number of hydrogen-bond acceptors (Lipinski definition) is 4. The van der Waals surface area contributed by atoms with E-state index < -0.39 is 0 Å². The zero-order valence-electron chi connectivity index (χ0n) is 14.4. The van der Waals surface area contributed by atoms with Crippen LogP contribution in [0.25, 0.3) is 0 Å². The molecule has 0 saturated heterocycles. The van der Waals surface area contributed by atoms with Gasteiger partial charge in [-0.3, -0.25) is 0 Å². The van der Waals surface area contributed by atoms with Gasteiger partial charge in [0.1, 0.15) is 5.82 Å². The molecular weight excluding hydrogens is 332 g/mol. The van der Waals surface area contributed by atoms with E-state index in [2.05, 4.69) is 58.7 Å². The molecule has 0 atom stereocenters. The third kappa shape index (κ3) is 4.70. The highest BCUT2D eigenvalue weighted by atomic mass is 35.5. The monoisotopic (exact) mass is 352 g/mol. The number of benzene rings is 2. The molecule has 2 N–H and O–H groups in total. The van der Waals surface area contributed by atoms with Crippen molar-refractivity contribution in [2.45, 2.75) is 20.3 Å². The van der Waals surface area contributed by atoms with Gasteiger partial charge in [-0.05, 0) is 55.2 Å². The van der Waals surface area contributed by atoms with Crippen LogP contribution in [0.3, 0.4) is 0 Å². The second-order valence-corrected chi connectivity index (χ2v) is 6.40.